The van der Waals surface area contributed by atoms with E-state index in [4.69, 9.17) is 5.11 Å². The van der Waals surface area contributed by atoms with Gasteiger partial charge in [-0.05, 0) is 38.8 Å². The zero-order valence-corrected chi connectivity index (χ0v) is 12.3. The standard InChI is InChI=1S/C14H25N3O3/c1-15-5-3-7-16(9-8-15)14(20)17-6-2-4-12(11-17)10-13(18)19/h12H,2-11H2,1H3,(H,18,19). The summed E-state index contributed by atoms with van der Waals surface area (Å²) in [5, 5.41) is 8.89. The van der Waals surface area contributed by atoms with Gasteiger partial charge >= 0.3 is 12.0 Å². The Balaban J connectivity index is 1.89. The lowest BCUT2D eigenvalue weighted by atomic mass is 9.95. The van der Waals surface area contributed by atoms with Gasteiger partial charge in [-0.2, -0.15) is 0 Å². The van der Waals surface area contributed by atoms with Crippen molar-refractivity contribution in [1.29, 1.82) is 0 Å². The number of carboxylic acids is 1. The van der Waals surface area contributed by atoms with Crippen molar-refractivity contribution < 1.29 is 14.7 Å². The van der Waals surface area contributed by atoms with E-state index in [0.717, 1.165) is 52.0 Å². The molecule has 0 aromatic rings. The Morgan fingerprint density at radius 3 is 2.55 bits per heavy atom. The van der Waals surface area contributed by atoms with Crippen LogP contribution in [0.2, 0.25) is 0 Å². The second-order valence-electron chi connectivity index (χ2n) is 5.98. The fourth-order valence-corrected chi connectivity index (χ4v) is 3.09. The average molecular weight is 283 g/mol. The summed E-state index contributed by atoms with van der Waals surface area (Å²) in [6.45, 7) is 4.89. The quantitative estimate of drug-likeness (QED) is 0.819. The Labute approximate surface area is 120 Å². The lowest BCUT2D eigenvalue weighted by Crippen LogP contribution is -2.48. The van der Waals surface area contributed by atoms with Crippen molar-refractivity contribution in [2.45, 2.75) is 25.7 Å². The van der Waals surface area contributed by atoms with Gasteiger partial charge in [-0.25, -0.2) is 4.79 Å². The van der Waals surface area contributed by atoms with Crippen LogP contribution in [-0.2, 0) is 4.79 Å². The molecule has 2 heterocycles. The maximum absolute atomic E-state index is 12.5. The molecule has 0 aliphatic carbocycles. The highest BCUT2D eigenvalue weighted by Gasteiger charge is 2.28. The van der Waals surface area contributed by atoms with Gasteiger partial charge < -0.3 is 19.8 Å². The van der Waals surface area contributed by atoms with Gasteiger partial charge in [-0.1, -0.05) is 0 Å². The van der Waals surface area contributed by atoms with Crippen molar-refractivity contribution in [1.82, 2.24) is 14.7 Å². The molecule has 2 aliphatic rings. The third-order valence-electron chi connectivity index (χ3n) is 4.24. The van der Waals surface area contributed by atoms with E-state index >= 15 is 0 Å². The molecule has 2 aliphatic heterocycles. The summed E-state index contributed by atoms with van der Waals surface area (Å²) >= 11 is 0. The lowest BCUT2D eigenvalue weighted by Gasteiger charge is -2.35. The number of likely N-dealkylation sites (tertiary alicyclic amines) is 1. The summed E-state index contributed by atoms with van der Waals surface area (Å²) in [5.41, 5.74) is 0. The highest BCUT2D eigenvalue weighted by Crippen LogP contribution is 2.21. The number of rotatable bonds is 2. The number of aliphatic carboxylic acids is 1. The molecule has 0 spiro atoms. The largest absolute Gasteiger partial charge is 0.481 e. The highest BCUT2D eigenvalue weighted by atomic mass is 16.4. The maximum atomic E-state index is 12.5. The summed E-state index contributed by atoms with van der Waals surface area (Å²) in [6.07, 6.45) is 3.01. The number of carboxylic acid groups (broad SMARTS) is 1. The van der Waals surface area contributed by atoms with Crippen LogP contribution in [-0.4, -0.2) is 78.1 Å². The molecule has 0 saturated carbocycles. The second kappa shape index (κ2) is 6.92. The fourth-order valence-electron chi connectivity index (χ4n) is 3.09. The first-order valence-electron chi connectivity index (χ1n) is 7.50. The fraction of sp³-hybridized carbons (Fsp3) is 0.857. The molecule has 1 atom stereocenters. The molecule has 6 nitrogen and oxygen atoms in total. The normalized spacial score (nSPS) is 25.4. The molecule has 0 aromatic heterocycles. The van der Waals surface area contributed by atoms with Crippen molar-refractivity contribution in [3.05, 3.63) is 0 Å². The van der Waals surface area contributed by atoms with Crippen LogP contribution in [0.15, 0.2) is 0 Å². The van der Waals surface area contributed by atoms with Gasteiger partial charge in [0.05, 0.1) is 0 Å². The molecule has 0 radical (unpaired) electrons. The minimum atomic E-state index is -0.763. The van der Waals surface area contributed by atoms with Gasteiger partial charge in [0.15, 0.2) is 0 Å². The number of urea groups is 1. The molecule has 1 unspecified atom stereocenters. The van der Waals surface area contributed by atoms with E-state index in [1.807, 2.05) is 9.80 Å². The number of likely N-dealkylation sites (N-methyl/N-ethyl adjacent to an activating group) is 1. The van der Waals surface area contributed by atoms with E-state index in [1.165, 1.54) is 0 Å². The van der Waals surface area contributed by atoms with Gasteiger partial charge in [0, 0.05) is 39.1 Å². The summed E-state index contributed by atoms with van der Waals surface area (Å²) in [4.78, 5) is 29.4. The van der Waals surface area contributed by atoms with Crippen LogP contribution < -0.4 is 0 Å². The van der Waals surface area contributed by atoms with Crippen LogP contribution in [0.5, 0.6) is 0 Å². The minimum Gasteiger partial charge on any atom is -0.481 e. The predicted molar refractivity (Wildman–Crippen MR) is 75.6 cm³/mol. The Hall–Kier alpha value is -1.30. The van der Waals surface area contributed by atoms with Crippen LogP contribution in [0.1, 0.15) is 25.7 Å². The zero-order valence-electron chi connectivity index (χ0n) is 12.3. The van der Waals surface area contributed by atoms with Crippen LogP contribution in [0.4, 0.5) is 4.79 Å². The topological polar surface area (TPSA) is 64.1 Å². The third kappa shape index (κ3) is 4.10. The van der Waals surface area contributed by atoms with Crippen LogP contribution in [0.3, 0.4) is 0 Å². The minimum absolute atomic E-state index is 0.0930. The van der Waals surface area contributed by atoms with Crippen LogP contribution in [0, 0.1) is 5.92 Å². The summed E-state index contributed by atoms with van der Waals surface area (Å²) in [7, 11) is 2.08. The van der Waals surface area contributed by atoms with Gasteiger partial charge in [-0.3, -0.25) is 4.79 Å². The molecular weight excluding hydrogens is 258 g/mol. The van der Waals surface area contributed by atoms with Crippen molar-refractivity contribution in [3.63, 3.8) is 0 Å². The van der Waals surface area contributed by atoms with Crippen molar-refractivity contribution in [3.8, 4) is 0 Å². The molecular formula is C14H25N3O3. The molecule has 2 fully saturated rings. The molecule has 114 valence electrons. The van der Waals surface area contributed by atoms with Gasteiger partial charge in [0.25, 0.3) is 0 Å². The smallest absolute Gasteiger partial charge is 0.320 e. The molecule has 1 N–H and O–H groups in total. The van der Waals surface area contributed by atoms with E-state index in [0.29, 0.717) is 6.54 Å². The highest BCUT2D eigenvalue weighted by molar-refractivity contribution is 5.75. The number of carbonyl (C=O) groups excluding carboxylic acids is 1. The Kier molecular flexibility index (Phi) is 5.23. The first kappa shape index (κ1) is 15.1. The first-order chi connectivity index (χ1) is 9.56. The monoisotopic (exact) mass is 283 g/mol. The van der Waals surface area contributed by atoms with E-state index < -0.39 is 5.97 Å². The molecule has 0 bridgehead atoms. The SMILES string of the molecule is CN1CCCN(C(=O)N2CCCC(CC(=O)O)C2)CC1. The first-order valence-corrected chi connectivity index (χ1v) is 7.50. The Morgan fingerprint density at radius 1 is 1.05 bits per heavy atom. The number of hydrogen-bond donors (Lipinski definition) is 1. The summed E-state index contributed by atoms with van der Waals surface area (Å²) in [5.74, 6) is -0.652. The van der Waals surface area contributed by atoms with E-state index in [1.54, 1.807) is 0 Å². The molecule has 0 aromatic carbocycles. The van der Waals surface area contributed by atoms with E-state index in [9.17, 15) is 9.59 Å². The maximum Gasteiger partial charge on any atom is 0.320 e. The van der Waals surface area contributed by atoms with Crippen LogP contribution in [0.25, 0.3) is 0 Å². The van der Waals surface area contributed by atoms with Gasteiger partial charge in [0.1, 0.15) is 0 Å². The van der Waals surface area contributed by atoms with E-state index in [2.05, 4.69) is 11.9 Å². The number of amides is 2. The van der Waals surface area contributed by atoms with Crippen molar-refractivity contribution in [2.75, 3.05) is 46.3 Å². The lowest BCUT2D eigenvalue weighted by molar-refractivity contribution is -0.138. The molecule has 6 heteroatoms. The Bertz CT molecular complexity index is 362. The average Bonchev–Trinajstić information content (AvgIpc) is 2.62. The molecule has 2 rings (SSSR count). The molecule has 2 amide bonds. The Morgan fingerprint density at radius 2 is 1.80 bits per heavy atom. The van der Waals surface area contributed by atoms with Crippen molar-refractivity contribution in [2.24, 2.45) is 5.92 Å². The number of nitrogens with zero attached hydrogens (tertiary/aromatic N) is 3. The van der Waals surface area contributed by atoms with Gasteiger partial charge in [0.2, 0.25) is 0 Å². The number of hydrogen-bond acceptors (Lipinski definition) is 3. The third-order valence-corrected chi connectivity index (χ3v) is 4.24. The summed E-state index contributed by atoms with van der Waals surface area (Å²) < 4.78 is 0. The van der Waals surface area contributed by atoms with E-state index in [-0.39, 0.29) is 18.4 Å². The predicted octanol–water partition coefficient (Wildman–Crippen LogP) is 0.931. The van der Waals surface area contributed by atoms with Gasteiger partial charge in [-0.15, -0.1) is 0 Å². The van der Waals surface area contributed by atoms with Crippen molar-refractivity contribution >= 4 is 12.0 Å². The van der Waals surface area contributed by atoms with Crippen LogP contribution >= 0.6 is 0 Å². The second-order valence-corrected chi connectivity index (χ2v) is 5.98. The summed E-state index contributed by atoms with van der Waals surface area (Å²) in [6, 6.07) is 0.0930. The molecule has 2 saturated heterocycles. The number of piperidine rings is 1. The number of carbonyl (C=O) groups is 2. The zero-order chi connectivity index (χ0) is 14.5. The molecule has 20 heavy (non-hydrogen) atoms.